The molecule has 1 aromatic carbocycles. The monoisotopic (exact) mass is 247 g/mol. The number of likely N-dealkylation sites (tertiary alicyclic amines) is 1. The van der Waals surface area contributed by atoms with Crippen LogP contribution in [0, 0.1) is 0 Å². The van der Waals surface area contributed by atoms with Gasteiger partial charge in [0.25, 0.3) is 0 Å². The van der Waals surface area contributed by atoms with Crippen LogP contribution in [0.15, 0.2) is 24.3 Å². The van der Waals surface area contributed by atoms with Crippen molar-refractivity contribution in [1.29, 1.82) is 0 Å². The molecule has 18 heavy (non-hydrogen) atoms. The molecule has 0 spiro atoms. The van der Waals surface area contributed by atoms with Gasteiger partial charge in [-0.2, -0.15) is 0 Å². The van der Waals surface area contributed by atoms with E-state index in [2.05, 4.69) is 6.92 Å². The molecule has 3 nitrogen and oxygen atoms in total. The molecule has 0 radical (unpaired) electrons. The number of phenolic OH excluding ortho intramolecular Hbond substituents is 1. The van der Waals surface area contributed by atoms with E-state index < -0.39 is 5.41 Å². The van der Waals surface area contributed by atoms with Gasteiger partial charge in [-0.1, -0.05) is 25.5 Å². The number of carbonyl (C=O) groups is 1. The van der Waals surface area contributed by atoms with Crippen LogP contribution in [0.1, 0.15) is 38.2 Å². The van der Waals surface area contributed by atoms with Crippen LogP contribution >= 0.6 is 0 Å². The summed E-state index contributed by atoms with van der Waals surface area (Å²) in [5.41, 5.74) is 0.494. The summed E-state index contributed by atoms with van der Waals surface area (Å²) in [6, 6.07) is 7.17. The second kappa shape index (κ2) is 5.01. The van der Waals surface area contributed by atoms with Crippen LogP contribution in [0.2, 0.25) is 0 Å². The van der Waals surface area contributed by atoms with Crippen LogP contribution in [-0.2, 0) is 10.2 Å². The van der Waals surface area contributed by atoms with Crippen molar-refractivity contribution in [2.75, 3.05) is 13.6 Å². The van der Waals surface area contributed by atoms with Crippen LogP contribution in [-0.4, -0.2) is 29.5 Å². The maximum atomic E-state index is 12.7. The number of benzene rings is 1. The third-order valence-corrected chi connectivity index (χ3v) is 4.11. The van der Waals surface area contributed by atoms with E-state index in [4.69, 9.17) is 0 Å². The molecule has 0 saturated carbocycles. The number of nitrogens with zero attached hydrogens (tertiary/aromatic N) is 1. The first-order valence-corrected chi connectivity index (χ1v) is 6.65. The number of hydrogen-bond acceptors (Lipinski definition) is 2. The topological polar surface area (TPSA) is 40.5 Å². The van der Waals surface area contributed by atoms with Gasteiger partial charge in [-0.15, -0.1) is 0 Å². The molecule has 0 aromatic heterocycles. The number of aromatic hydroxyl groups is 1. The van der Waals surface area contributed by atoms with Crippen LogP contribution < -0.4 is 0 Å². The molecule has 0 aliphatic carbocycles. The standard InChI is InChI=1S/C15H21NO2/c1-3-15(12-7-6-8-13(17)11-12)9-4-5-10-16(2)14(15)18/h6-8,11,17H,3-5,9-10H2,1-2H3/t15-/m1/s1. The van der Waals surface area contributed by atoms with E-state index in [1.165, 1.54) is 0 Å². The Morgan fingerprint density at radius 1 is 1.39 bits per heavy atom. The van der Waals surface area contributed by atoms with Crippen LogP contribution in [0.25, 0.3) is 0 Å². The summed E-state index contributed by atoms with van der Waals surface area (Å²) in [5, 5.41) is 9.65. The largest absolute Gasteiger partial charge is 0.508 e. The first-order chi connectivity index (χ1) is 8.60. The molecule has 1 amide bonds. The number of phenols is 1. The van der Waals surface area contributed by atoms with E-state index in [0.29, 0.717) is 0 Å². The lowest BCUT2D eigenvalue weighted by molar-refractivity contribution is -0.135. The first-order valence-electron chi connectivity index (χ1n) is 6.65. The lowest BCUT2D eigenvalue weighted by Crippen LogP contribution is -2.43. The normalized spacial score (nSPS) is 25.0. The van der Waals surface area contributed by atoms with Crippen LogP contribution in [0.4, 0.5) is 0 Å². The first kappa shape index (κ1) is 12.9. The summed E-state index contributed by atoms with van der Waals surface area (Å²) in [6.45, 7) is 2.89. The number of amides is 1. The zero-order valence-electron chi connectivity index (χ0n) is 11.1. The minimum atomic E-state index is -0.454. The second-order valence-electron chi connectivity index (χ2n) is 5.17. The van der Waals surface area contributed by atoms with Crippen molar-refractivity contribution >= 4 is 5.91 Å². The second-order valence-corrected chi connectivity index (χ2v) is 5.17. The summed E-state index contributed by atoms with van der Waals surface area (Å²) < 4.78 is 0. The summed E-state index contributed by atoms with van der Waals surface area (Å²) in [4.78, 5) is 14.5. The summed E-state index contributed by atoms with van der Waals surface area (Å²) in [6.07, 6.45) is 3.76. The molecular formula is C15H21NO2. The predicted octanol–water partition coefficient (Wildman–Crippen LogP) is 2.68. The summed E-state index contributed by atoms with van der Waals surface area (Å²) >= 11 is 0. The number of likely N-dealkylation sites (N-methyl/N-ethyl adjacent to an activating group) is 1. The quantitative estimate of drug-likeness (QED) is 0.873. The van der Waals surface area contributed by atoms with E-state index in [0.717, 1.165) is 37.8 Å². The molecule has 1 heterocycles. The average molecular weight is 247 g/mol. The Hall–Kier alpha value is -1.51. The highest BCUT2D eigenvalue weighted by Crippen LogP contribution is 2.38. The maximum Gasteiger partial charge on any atom is 0.232 e. The van der Waals surface area contributed by atoms with Crippen molar-refractivity contribution in [1.82, 2.24) is 4.90 Å². The molecule has 1 aliphatic rings. The minimum Gasteiger partial charge on any atom is -0.508 e. The lowest BCUT2D eigenvalue weighted by Gasteiger charge is -2.33. The highest BCUT2D eigenvalue weighted by Gasteiger charge is 2.41. The zero-order valence-corrected chi connectivity index (χ0v) is 11.1. The molecule has 1 saturated heterocycles. The van der Waals surface area contributed by atoms with Crippen molar-refractivity contribution in [2.24, 2.45) is 0 Å². The fourth-order valence-corrected chi connectivity index (χ4v) is 2.95. The van der Waals surface area contributed by atoms with Gasteiger partial charge in [0.2, 0.25) is 5.91 Å². The maximum absolute atomic E-state index is 12.7. The molecule has 1 atom stereocenters. The lowest BCUT2D eigenvalue weighted by atomic mass is 9.73. The summed E-state index contributed by atoms with van der Waals surface area (Å²) in [7, 11) is 1.88. The van der Waals surface area contributed by atoms with Gasteiger partial charge >= 0.3 is 0 Å². The molecule has 1 fully saturated rings. The predicted molar refractivity (Wildman–Crippen MR) is 71.6 cm³/mol. The smallest absolute Gasteiger partial charge is 0.232 e. The fourth-order valence-electron chi connectivity index (χ4n) is 2.95. The van der Waals surface area contributed by atoms with Crippen LogP contribution in [0.5, 0.6) is 5.75 Å². The fraction of sp³-hybridized carbons (Fsp3) is 0.533. The average Bonchev–Trinajstić information content (AvgIpc) is 2.51. The molecule has 1 aliphatic heterocycles. The molecule has 2 rings (SSSR count). The summed E-state index contributed by atoms with van der Waals surface area (Å²) in [5.74, 6) is 0.424. The van der Waals surface area contributed by atoms with Gasteiger partial charge in [-0.3, -0.25) is 4.79 Å². The van der Waals surface area contributed by atoms with Gasteiger partial charge in [0.15, 0.2) is 0 Å². The zero-order chi connectivity index (χ0) is 13.2. The third kappa shape index (κ3) is 2.09. The van der Waals surface area contributed by atoms with Crippen molar-refractivity contribution < 1.29 is 9.90 Å². The SMILES string of the molecule is CC[C@]1(c2cccc(O)c2)CCCCN(C)C1=O. The Morgan fingerprint density at radius 2 is 2.17 bits per heavy atom. The molecule has 0 bridgehead atoms. The van der Waals surface area contributed by atoms with Gasteiger partial charge in [0, 0.05) is 13.6 Å². The Kier molecular flexibility index (Phi) is 3.60. The van der Waals surface area contributed by atoms with Crippen molar-refractivity contribution in [3.05, 3.63) is 29.8 Å². The minimum absolute atomic E-state index is 0.188. The van der Waals surface area contributed by atoms with Crippen molar-refractivity contribution in [3.63, 3.8) is 0 Å². The van der Waals surface area contributed by atoms with Gasteiger partial charge in [0.05, 0.1) is 5.41 Å². The molecule has 98 valence electrons. The highest BCUT2D eigenvalue weighted by molar-refractivity contribution is 5.88. The molecule has 0 unspecified atom stereocenters. The van der Waals surface area contributed by atoms with Gasteiger partial charge in [-0.25, -0.2) is 0 Å². The van der Waals surface area contributed by atoms with E-state index >= 15 is 0 Å². The van der Waals surface area contributed by atoms with Gasteiger partial charge < -0.3 is 10.0 Å². The molecule has 1 aromatic rings. The Morgan fingerprint density at radius 3 is 2.83 bits per heavy atom. The van der Waals surface area contributed by atoms with Gasteiger partial charge in [-0.05, 0) is 37.0 Å². The van der Waals surface area contributed by atoms with Gasteiger partial charge in [0.1, 0.15) is 5.75 Å². The Bertz CT molecular complexity index is 444. The number of rotatable bonds is 2. The number of hydrogen-bond donors (Lipinski definition) is 1. The van der Waals surface area contributed by atoms with E-state index in [9.17, 15) is 9.90 Å². The Labute approximate surface area is 108 Å². The highest BCUT2D eigenvalue weighted by atomic mass is 16.3. The van der Waals surface area contributed by atoms with Crippen LogP contribution in [0.3, 0.4) is 0 Å². The molecule has 3 heteroatoms. The van der Waals surface area contributed by atoms with Crippen molar-refractivity contribution in [2.45, 2.75) is 38.0 Å². The third-order valence-electron chi connectivity index (χ3n) is 4.11. The molecular weight excluding hydrogens is 226 g/mol. The molecule has 1 N–H and O–H groups in total. The van der Waals surface area contributed by atoms with E-state index in [-0.39, 0.29) is 11.7 Å². The number of carbonyl (C=O) groups excluding carboxylic acids is 1. The van der Waals surface area contributed by atoms with E-state index in [1.807, 2.05) is 24.1 Å². The Balaban J connectivity index is 2.48. The van der Waals surface area contributed by atoms with Crippen molar-refractivity contribution in [3.8, 4) is 5.75 Å². The van der Waals surface area contributed by atoms with E-state index in [1.54, 1.807) is 12.1 Å².